The number of hydrogen-bond donors (Lipinski definition) is 0. The minimum absolute atomic E-state index is 0.0326. The molecule has 0 unspecified atom stereocenters. The Hall–Kier alpha value is -2.87. The normalized spacial score (nSPS) is 17.4. The van der Waals surface area contributed by atoms with Gasteiger partial charge in [-0.25, -0.2) is 9.97 Å². The maximum atomic E-state index is 13.1. The van der Waals surface area contributed by atoms with E-state index in [1.54, 1.807) is 32.4 Å². The van der Waals surface area contributed by atoms with Gasteiger partial charge in [-0.15, -0.1) is 0 Å². The lowest BCUT2D eigenvalue weighted by Gasteiger charge is -2.44. The van der Waals surface area contributed by atoms with Crippen molar-refractivity contribution >= 4 is 11.9 Å². The largest absolute Gasteiger partial charge is 0.497 e. The third-order valence-corrected chi connectivity index (χ3v) is 5.89. The lowest BCUT2D eigenvalue weighted by Crippen LogP contribution is -2.49. The zero-order chi connectivity index (χ0) is 21.3. The molecule has 30 heavy (non-hydrogen) atoms. The third-order valence-electron chi connectivity index (χ3n) is 5.89. The van der Waals surface area contributed by atoms with Crippen LogP contribution in [0.1, 0.15) is 34.5 Å². The molecule has 1 spiro atoms. The Morgan fingerprint density at radius 1 is 1.13 bits per heavy atom. The predicted octanol–water partition coefficient (Wildman–Crippen LogP) is 2.26. The fraction of sp³-hybridized carbons (Fsp3) is 0.500. The molecule has 4 rings (SSSR count). The highest BCUT2D eigenvalue weighted by Crippen LogP contribution is 2.41. The standard InChI is InChI=1S/C22H28N4O4/c1-25(2)21-23-14-15-5-10-30-22(19(15)24-21)6-8-26(9-7-22)20(27)16-11-17(28-3)13-18(12-16)29-4/h11-14H,5-10H2,1-4H3. The first kappa shape index (κ1) is 20.4. The Balaban J connectivity index is 1.55. The van der Waals surface area contributed by atoms with Gasteiger partial charge in [0.2, 0.25) is 5.95 Å². The number of likely N-dealkylation sites (tertiary alicyclic amines) is 1. The molecule has 1 aromatic heterocycles. The van der Waals surface area contributed by atoms with Crippen LogP contribution in [0.3, 0.4) is 0 Å². The number of anilines is 1. The second-order valence-electron chi connectivity index (χ2n) is 7.92. The quantitative estimate of drug-likeness (QED) is 0.762. The summed E-state index contributed by atoms with van der Waals surface area (Å²) < 4.78 is 16.9. The fourth-order valence-corrected chi connectivity index (χ4v) is 4.18. The van der Waals surface area contributed by atoms with E-state index in [0.717, 1.165) is 17.7 Å². The van der Waals surface area contributed by atoms with Crippen LogP contribution < -0.4 is 14.4 Å². The number of amides is 1. The molecule has 2 aliphatic rings. The molecule has 0 aliphatic carbocycles. The van der Waals surface area contributed by atoms with Crippen molar-refractivity contribution in [1.82, 2.24) is 14.9 Å². The topological polar surface area (TPSA) is 77.0 Å². The molecular weight excluding hydrogens is 384 g/mol. The number of rotatable bonds is 4. The van der Waals surface area contributed by atoms with E-state index < -0.39 is 5.60 Å². The average molecular weight is 412 g/mol. The summed E-state index contributed by atoms with van der Waals surface area (Å²) in [5.41, 5.74) is 2.22. The maximum absolute atomic E-state index is 13.1. The average Bonchev–Trinajstić information content (AvgIpc) is 2.78. The summed E-state index contributed by atoms with van der Waals surface area (Å²) in [5, 5.41) is 0. The molecule has 1 saturated heterocycles. The number of benzene rings is 1. The zero-order valence-electron chi connectivity index (χ0n) is 18.0. The van der Waals surface area contributed by atoms with E-state index in [1.165, 1.54) is 0 Å². The van der Waals surface area contributed by atoms with Gasteiger partial charge in [0.1, 0.15) is 17.1 Å². The summed E-state index contributed by atoms with van der Waals surface area (Å²) in [7, 11) is 7.02. The van der Waals surface area contributed by atoms with Gasteiger partial charge in [0.15, 0.2) is 0 Å². The first-order valence-electron chi connectivity index (χ1n) is 10.2. The number of nitrogens with zero attached hydrogens (tertiary/aromatic N) is 4. The molecule has 2 aliphatic heterocycles. The molecular formula is C22H28N4O4. The third kappa shape index (κ3) is 3.67. The number of hydrogen-bond acceptors (Lipinski definition) is 7. The Bertz CT molecular complexity index is 916. The van der Waals surface area contributed by atoms with Crippen molar-refractivity contribution in [2.75, 3.05) is 52.9 Å². The summed E-state index contributed by atoms with van der Waals surface area (Å²) in [5.74, 6) is 1.85. The monoisotopic (exact) mass is 412 g/mol. The Kier molecular flexibility index (Phi) is 5.51. The van der Waals surface area contributed by atoms with Gasteiger partial charge >= 0.3 is 0 Å². The van der Waals surface area contributed by atoms with Crippen LogP contribution in [0.4, 0.5) is 5.95 Å². The van der Waals surface area contributed by atoms with Gasteiger partial charge in [-0.3, -0.25) is 4.79 Å². The first-order valence-corrected chi connectivity index (χ1v) is 10.2. The molecule has 0 N–H and O–H groups in total. The van der Waals surface area contributed by atoms with Gasteiger partial charge in [0, 0.05) is 45.0 Å². The Labute approximate surface area is 176 Å². The lowest BCUT2D eigenvalue weighted by atomic mass is 9.83. The van der Waals surface area contributed by atoms with Crippen LogP contribution in [-0.4, -0.2) is 68.8 Å². The Morgan fingerprint density at radius 2 is 1.80 bits per heavy atom. The van der Waals surface area contributed by atoms with E-state index in [0.29, 0.717) is 55.5 Å². The van der Waals surface area contributed by atoms with Crippen molar-refractivity contribution in [1.29, 1.82) is 0 Å². The van der Waals surface area contributed by atoms with E-state index in [1.807, 2.05) is 30.1 Å². The van der Waals surface area contributed by atoms with Crippen molar-refractivity contribution in [2.45, 2.75) is 24.9 Å². The SMILES string of the molecule is COc1cc(OC)cc(C(=O)N2CCC3(CC2)OCCc2cnc(N(C)C)nc23)c1. The molecule has 3 heterocycles. The second kappa shape index (κ2) is 8.10. The van der Waals surface area contributed by atoms with Crippen molar-refractivity contribution in [3.63, 3.8) is 0 Å². The van der Waals surface area contributed by atoms with E-state index in [9.17, 15) is 4.79 Å². The van der Waals surface area contributed by atoms with Crippen LogP contribution in [0.15, 0.2) is 24.4 Å². The highest BCUT2D eigenvalue weighted by Gasteiger charge is 2.43. The number of piperidine rings is 1. The van der Waals surface area contributed by atoms with Gasteiger partial charge in [-0.1, -0.05) is 0 Å². The molecule has 1 fully saturated rings. The van der Waals surface area contributed by atoms with Crippen molar-refractivity contribution in [3.8, 4) is 11.5 Å². The van der Waals surface area contributed by atoms with Crippen LogP contribution in [0.5, 0.6) is 11.5 Å². The summed E-state index contributed by atoms with van der Waals surface area (Å²) in [6.07, 6.45) is 4.15. The molecule has 1 amide bonds. The first-order chi connectivity index (χ1) is 14.5. The van der Waals surface area contributed by atoms with Crippen LogP contribution in [0, 0.1) is 0 Å². The molecule has 0 bridgehead atoms. The maximum Gasteiger partial charge on any atom is 0.254 e. The molecule has 0 radical (unpaired) electrons. The number of carbonyl (C=O) groups is 1. The van der Waals surface area contributed by atoms with Gasteiger partial charge < -0.3 is 24.0 Å². The van der Waals surface area contributed by atoms with Crippen molar-refractivity contribution < 1.29 is 19.0 Å². The van der Waals surface area contributed by atoms with E-state index in [4.69, 9.17) is 19.2 Å². The minimum atomic E-state index is -0.454. The fourth-order valence-electron chi connectivity index (χ4n) is 4.18. The summed E-state index contributed by atoms with van der Waals surface area (Å²) in [6, 6.07) is 5.26. The number of carbonyl (C=O) groups excluding carboxylic acids is 1. The molecule has 2 aromatic rings. The molecule has 160 valence electrons. The predicted molar refractivity (Wildman–Crippen MR) is 112 cm³/mol. The van der Waals surface area contributed by atoms with E-state index >= 15 is 0 Å². The van der Waals surface area contributed by atoms with Crippen LogP contribution in [0.25, 0.3) is 0 Å². The highest BCUT2D eigenvalue weighted by atomic mass is 16.5. The van der Waals surface area contributed by atoms with Crippen LogP contribution in [-0.2, 0) is 16.8 Å². The molecule has 1 aromatic carbocycles. The zero-order valence-corrected chi connectivity index (χ0v) is 18.0. The molecule has 8 heteroatoms. The van der Waals surface area contributed by atoms with E-state index in [-0.39, 0.29) is 5.91 Å². The number of methoxy groups -OCH3 is 2. The number of aromatic nitrogens is 2. The number of ether oxygens (including phenoxy) is 3. The summed E-state index contributed by atoms with van der Waals surface area (Å²) in [6.45, 7) is 1.84. The van der Waals surface area contributed by atoms with Gasteiger partial charge in [0.05, 0.1) is 26.5 Å². The smallest absolute Gasteiger partial charge is 0.254 e. The van der Waals surface area contributed by atoms with Crippen LogP contribution in [0.2, 0.25) is 0 Å². The van der Waals surface area contributed by atoms with E-state index in [2.05, 4.69) is 4.98 Å². The van der Waals surface area contributed by atoms with Crippen molar-refractivity contribution in [3.05, 3.63) is 41.2 Å². The second-order valence-corrected chi connectivity index (χ2v) is 7.92. The highest BCUT2D eigenvalue weighted by molar-refractivity contribution is 5.95. The van der Waals surface area contributed by atoms with Crippen LogP contribution >= 0.6 is 0 Å². The van der Waals surface area contributed by atoms with Gasteiger partial charge in [0.25, 0.3) is 5.91 Å². The molecule has 8 nitrogen and oxygen atoms in total. The minimum Gasteiger partial charge on any atom is -0.497 e. The molecule has 0 saturated carbocycles. The number of fused-ring (bicyclic) bond motifs is 2. The molecule has 0 atom stereocenters. The lowest BCUT2D eigenvalue weighted by molar-refractivity contribution is -0.0967. The Morgan fingerprint density at radius 3 is 2.40 bits per heavy atom. The summed E-state index contributed by atoms with van der Waals surface area (Å²) >= 11 is 0. The van der Waals surface area contributed by atoms with Gasteiger partial charge in [-0.05, 0) is 37.0 Å². The summed E-state index contributed by atoms with van der Waals surface area (Å²) in [4.78, 5) is 26.2. The van der Waals surface area contributed by atoms with Crippen molar-refractivity contribution in [2.24, 2.45) is 0 Å². The van der Waals surface area contributed by atoms with Gasteiger partial charge in [-0.2, -0.15) is 0 Å².